The van der Waals surface area contributed by atoms with Crippen molar-refractivity contribution in [2.75, 3.05) is 7.11 Å². The first kappa shape index (κ1) is 24.5. The quantitative estimate of drug-likeness (QED) is 0.196. The largest absolute Gasteiger partial charge is 0.496 e. The molecule has 0 aliphatic carbocycles. The van der Waals surface area contributed by atoms with Crippen molar-refractivity contribution >= 4 is 23.0 Å². The molecule has 0 saturated carbocycles. The minimum Gasteiger partial charge on any atom is -0.496 e. The number of methoxy groups -OCH3 is 1. The summed E-state index contributed by atoms with van der Waals surface area (Å²) in [6, 6.07) is 22.7. The van der Waals surface area contributed by atoms with Crippen LogP contribution in [0.5, 0.6) is 5.75 Å². The van der Waals surface area contributed by atoms with Crippen LogP contribution >= 0.6 is 12.2 Å². The van der Waals surface area contributed by atoms with Crippen molar-refractivity contribution in [2.24, 2.45) is 0 Å². The fourth-order valence-electron chi connectivity index (χ4n) is 5.12. The van der Waals surface area contributed by atoms with E-state index in [2.05, 4.69) is 33.4 Å². The van der Waals surface area contributed by atoms with Gasteiger partial charge in [0.05, 0.1) is 35.9 Å². The number of aryl methyl sites for hydroxylation is 1. The molecule has 9 heteroatoms. The van der Waals surface area contributed by atoms with Gasteiger partial charge in [-0.2, -0.15) is 0 Å². The number of aromatic nitrogens is 2. The van der Waals surface area contributed by atoms with E-state index < -0.39 is 0 Å². The maximum Gasteiger partial charge on any atom is 0.296 e. The second kappa shape index (κ2) is 10.0. The zero-order valence-corrected chi connectivity index (χ0v) is 21.6. The molecule has 1 aliphatic heterocycles. The molecule has 1 fully saturated rings. The van der Waals surface area contributed by atoms with Gasteiger partial charge in [-0.05, 0) is 67.5 Å². The molecular formula is C28H27N5O3S. The molecular weight excluding hydrogens is 486 g/mol. The molecule has 2 atom stereocenters. The van der Waals surface area contributed by atoms with Gasteiger partial charge < -0.3 is 19.5 Å². The van der Waals surface area contributed by atoms with Gasteiger partial charge in [0.1, 0.15) is 11.4 Å². The van der Waals surface area contributed by atoms with Gasteiger partial charge in [-0.1, -0.05) is 36.4 Å². The Morgan fingerprint density at radius 1 is 1.08 bits per heavy atom. The number of nitrogens with zero attached hydrogens (tertiary/aromatic N) is 4. The lowest BCUT2D eigenvalue weighted by Crippen LogP contribution is -2.29. The molecule has 1 saturated heterocycles. The molecule has 1 N–H and O–H groups in total. The lowest BCUT2D eigenvalue weighted by atomic mass is 9.96. The maximum absolute atomic E-state index is 12.0. The zero-order chi connectivity index (χ0) is 26.1. The number of benzene rings is 2. The second-order valence-corrected chi connectivity index (χ2v) is 9.40. The van der Waals surface area contributed by atoms with Crippen LogP contribution in [-0.2, 0) is 6.54 Å². The molecule has 8 nitrogen and oxygen atoms in total. The van der Waals surface area contributed by atoms with E-state index in [4.69, 9.17) is 17.0 Å². The van der Waals surface area contributed by atoms with Crippen molar-refractivity contribution in [2.45, 2.75) is 32.5 Å². The maximum atomic E-state index is 12.0. The van der Waals surface area contributed by atoms with E-state index in [0.717, 1.165) is 28.2 Å². The Balaban J connectivity index is 1.65. The number of ether oxygens (including phenoxy) is 1. The van der Waals surface area contributed by atoms with Crippen LogP contribution in [0.1, 0.15) is 40.3 Å². The summed E-state index contributed by atoms with van der Waals surface area (Å²) in [5, 5.41) is 16.1. The predicted octanol–water partition coefficient (Wildman–Crippen LogP) is 5.58. The SMILES string of the molecule is COc1ccc(-n2c(C)cc([C@H]3[C@@H](c4ccccn4)NC(=S)N3Cc3ccccc3)c2C)c([N+](=O)[O-])c1. The lowest BCUT2D eigenvalue weighted by Gasteiger charge is -2.28. The summed E-state index contributed by atoms with van der Waals surface area (Å²) in [7, 11) is 1.50. The van der Waals surface area contributed by atoms with E-state index in [1.165, 1.54) is 13.2 Å². The van der Waals surface area contributed by atoms with Crippen molar-refractivity contribution in [1.29, 1.82) is 0 Å². The van der Waals surface area contributed by atoms with Crippen molar-refractivity contribution in [3.8, 4) is 11.4 Å². The number of nitro groups is 1. The van der Waals surface area contributed by atoms with Crippen molar-refractivity contribution in [3.05, 3.63) is 117 Å². The Morgan fingerprint density at radius 3 is 2.51 bits per heavy atom. The van der Waals surface area contributed by atoms with Crippen LogP contribution < -0.4 is 10.1 Å². The monoisotopic (exact) mass is 513 g/mol. The Labute approximate surface area is 220 Å². The van der Waals surface area contributed by atoms with Gasteiger partial charge in [-0.25, -0.2) is 0 Å². The summed E-state index contributed by atoms with van der Waals surface area (Å²) >= 11 is 5.83. The number of thiocarbonyl (C=S) groups is 1. The van der Waals surface area contributed by atoms with Gasteiger partial charge in [-0.3, -0.25) is 15.1 Å². The van der Waals surface area contributed by atoms with Crippen LogP contribution in [0.15, 0.2) is 79.0 Å². The summed E-state index contributed by atoms with van der Waals surface area (Å²) in [5.74, 6) is 0.438. The standard InChI is InChI=1S/C28H27N5O3S/c1-18-15-22(19(2)32(18)24-13-12-21(36-3)16-25(24)33(34)35)27-26(23-11-7-8-14-29-23)30-28(37)31(27)17-20-9-5-4-6-10-20/h4-16,26-27H,17H2,1-3H3,(H,30,37)/t26-,27+/m1/s1. The van der Waals surface area contributed by atoms with E-state index in [1.807, 2.05) is 54.8 Å². The van der Waals surface area contributed by atoms with Crippen molar-refractivity contribution in [3.63, 3.8) is 0 Å². The highest BCUT2D eigenvalue weighted by atomic mass is 32.1. The first-order valence-corrected chi connectivity index (χ1v) is 12.3. The summed E-state index contributed by atoms with van der Waals surface area (Å²) in [6.07, 6.45) is 1.78. The molecule has 5 rings (SSSR count). The number of nitro benzene ring substituents is 1. The normalized spacial score (nSPS) is 17.1. The second-order valence-electron chi connectivity index (χ2n) is 9.01. The van der Waals surface area contributed by atoms with Crippen molar-refractivity contribution < 1.29 is 9.66 Å². The van der Waals surface area contributed by atoms with Gasteiger partial charge in [0.25, 0.3) is 5.69 Å². The number of nitrogens with one attached hydrogen (secondary N) is 1. The summed E-state index contributed by atoms with van der Waals surface area (Å²) in [4.78, 5) is 18.4. The Bertz CT molecular complexity index is 1460. The zero-order valence-electron chi connectivity index (χ0n) is 20.8. The van der Waals surface area contributed by atoms with E-state index in [1.54, 1.807) is 18.3 Å². The fraction of sp³-hybridized carbons (Fsp3) is 0.214. The van der Waals surface area contributed by atoms with E-state index in [-0.39, 0.29) is 22.7 Å². The van der Waals surface area contributed by atoms with Gasteiger partial charge in [0, 0.05) is 24.1 Å². The van der Waals surface area contributed by atoms with E-state index in [0.29, 0.717) is 23.1 Å². The topological polar surface area (TPSA) is 85.5 Å². The smallest absolute Gasteiger partial charge is 0.296 e. The van der Waals surface area contributed by atoms with Gasteiger partial charge in [0.15, 0.2) is 5.11 Å². The molecule has 0 unspecified atom stereocenters. The Hall–Kier alpha value is -4.24. The average molecular weight is 514 g/mol. The molecule has 188 valence electrons. The third kappa shape index (κ3) is 4.53. The Kier molecular flexibility index (Phi) is 6.62. The molecule has 2 aromatic carbocycles. The Morgan fingerprint density at radius 2 is 1.84 bits per heavy atom. The molecule has 0 bridgehead atoms. The number of pyridine rings is 1. The number of hydrogen-bond acceptors (Lipinski definition) is 5. The third-order valence-corrected chi connectivity index (χ3v) is 7.15. The van der Waals surface area contributed by atoms with E-state index >= 15 is 0 Å². The minimum atomic E-state index is -0.374. The van der Waals surface area contributed by atoms with E-state index in [9.17, 15) is 10.1 Å². The van der Waals surface area contributed by atoms with Crippen LogP contribution in [0.3, 0.4) is 0 Å². The number of hydrogen-bond donors (Lipinski definition) is 1. The molecule has 2 aromatic heterocycles. The number of rotatable bonds is 7. The van der Waals surface area contributed by atoms with Gasteiger partial charge in [-0.15, -0.1) is 0 Å². The first-order chi connectivity index (χ1) is 17.9. The van der Waals surface area contributed by atoms with Crippen LogP contribution in [0, 0.1) is 24.0 Å². The van der Waals surface area contributed by atoms with Crippen LogP contribution in [0.2, 0.25) is 0 Å². The molecule has 4 aromatic rings. The molecule has 1 aliphatic rings. The third-order valence-electron chi connectivity index (χ3n) is 6.80. The minimum absolute atomic E-state index is 0.0183. The fourth-order valence-corrected chi connectivity index (χ4v) is 5.42. The summed E-state index contributed by atoms with van der Waals surface area (Å²) < 4.78 is 7.17. The molecule has 3 heterocycles. The lowest BCUT2D eigenvalue weighted by molar-refractivity contribution is -0.384. The highest BCUT2D eigenvalue weighted by Gasteiger charge is 2.41. The molecule has 0 spiro atoms. The highest BCUT2D eigenvalue weighted by molar-refractivity contribution is 7.80. The molecule has 0 amide bonds. The summed E-state index contributed by atoms with van der Waals surface area (Å²) in [5.41, 5.74) is 5.31. The summed E-state index contributed by atoms with van der Waals surface area (Å²) in [6.45, 7) is 4.57. The molecule has 37 heavy (non-hydrogen) atoms. The first-order valence-electron chi connectivity index (χ1n) is 11.9. The average Bonchev–Trinajstić information content (AvgIpc) is 3.39. The van der Waals surface area contributed by atoms with Crippen LogP contribution in [0.4, 0.5) is 5.69 Å². The van der Waals surface area contributed by atoms with Gasteiger partial charge >= 0.3 is 0 Å². The molecule has 0 radical (unpaired) electrons. The van der Waals surface area contributed by atoms with Crippen LogP contribution in [-0.4, -0.2) is 31.6 Å². The van der Waals surface area contributed by atoms with Crippen molar-refractivity contribution in [1.82, 2.24) is 19.8 Å². The van der Waals surface area contributed by atoms with Gasteiger partial charge in [0.2, 0.25) is 0 Å². The van der Waals surface area contributed by atoms with Crippen LogP contribution in [0.25, 0.3) is 5.69 Å². The predicted molar refractivity (Wildman–Crippen MR) is 146 cm³/mol. The highest BCUT2D eigenvalue weighted by Crippen LogP contribution is 2.43.